The van der Waals surface area contributed by atoms with Crippen LogP contribution < -0.4 is 15.4 Å². The summed E-state index contributed by atoms with van der Waals surface area (Å²) >= 11 is 12.2. The lowest BCUT2D eigenvalue weighted by atomic mass is 9.74. The zero-order chi connectivity index (χ0) is 34.5. The van der Waals surface area contributed by atoms with Gasteiger partial charge in [0.05, 0.1) is 22.0 Å². The second kappa shape index (κ2) is 15.1. The molecule has 2 unspecified atom stereocenters. The van der Waals surface area contributed by atoms with Crippen LogP contribution in [-0.2, 0) is 27.2 Å². The lowest BCUT2D eigenvalue weighted by Gasteiger charge is -2.50. The molecule has 1 aromatic heterocycles. The summed E-state index contributed by atoms with van der Waals surface area (Å²) in [5, 5.41) is 15.7. The minimum atomic E-state index is -1.23. The summed E-state index contributed by atoms with van der Waals surface area (Å²) in [6, 6.07) is 21.2. The van der Waals surface area contributed by atoms with E-state index in [0.717, 1.165) is 31.2 Å². The Kier molecular flexibility index (Phi) is 10.5. The first-order chi connectivity index (χ1) is 23.7. The Morgan fingerprint density at radius 1 is 0.857 bits per heavy atom. The third-order valence-corrected chi connectivity index (χ3v) is 9.59. The van der Waals surface area contributed by atoms with E-state index in [1.165, 1.54) is 12.4 Å². The average Bonchev–Trinajstić information content (AvgIpc) is 3.09. The fraction of sp³-hybridized carbons (Fsp3) is 0.270. The van der Waals surface area contributed by atoms with E-state index in [9.17, 15) is 24.3 Å². The first kappa shape index (κ1) is 34.0. The highest BCUT2D eigenvalue weighted by Gasteiger charge is 2.48. The predicted molar refractivity (Wildman–Crippen MR) is 185 cm³/mol. The highest BCUT2D eigenvalue weighted by molar-refractivity contribution is 6.40. The van der Waals surface area contributed by atoms with Gasteiger partial charge in [0, 0.05) is 30.5 Å². The van der Waals surface area contributed by atoms with E-state index in [2.05, 4.69) is 15.6 Å². The molecule has 3 aliphatic rings. The smallest absolute Gasteiger partial charge is 0.326 e. The topological polar surface area (TPSA) is 138 Å². The summed E-state index contributed by atoms with van der Waals surface area (Å²) in [6.07, 6.45) is 5.94. The van der Waals surface area contributed by atoms with E-state index in [-0.39, 0.29) is 46.3 Å². The molecule has 2 aliphatic heterocycles. The zero-order valence-electron chi connectivity index (χ0n) is 26.4. The average molecular weight is 702 g/mol. The van der Waals surface area contributed by atoms with Crippen LogP contribution in [0.25, 0.3) is 0 Å². The van der Waals surface area contributed by atoms with Crippen molar-refractivity contribution in [2.75, 3.05) is 5.32 Å². The Morgan fingerprint density at radius 2 is 1.53 bits per heavy atom. The molecule has 1 aliphatic carbocycles. The van der Waals surface area contributed by atoms with Crippen molar-refractivity contribution in [2.45, 2.75) is 56.7 Å². The number of para-hydroxylation sites is 1. The highest BCUT2D eigenvalue weighted by atomic mass is 35.5. The van der Waals surface area contributed by atoms with Crippen LogP contribution in [0.4, 0.5) is 5.69 Å². The number of fused-ring (bicyclic) bond motifs is 3. The Balaban J connectivity index is 1.11. The van der Waals surface area contributed by atoms with E-state index in [1.54, 1.807) is 29.2 Å². The van der Waals surface area contributed by atoms with Crippen molar-refractivity contribution >= 4 is 52.6 Å². The summed E-state index contributed by atoms with van der Waals surface area (Å²) in [4.78, 5) is 58.3. The molecular formula is C37H34Cl2N4O6. The van der Waals surface area contributed by atoms with E-state index in [4.69, 9.17) is 27.9 Å². The number of aromatic nitrogens is 1. The number of nitrogens with one attached hydrogen (secondary N) is 2. The molecule has 3 amide bonds. The molecule has 12 heteroatoms. The molecule has 0 radical (unpaired) electrons. The monoisotopic (exact) mass is 700 g/mol. The molecule has 7 rings (SSSR count). The van der Waals surface area contributed by atoms with E-state index >= 15 is 0 Å². The first-order valence-corrected chi connectivity index (χ1v) is 16.8. The summed E-state index contributed by atoms with van der Waals surface area (Å²) in [6.45, 7) is 0. The van der Waals surface area contributed by atoms with Crippen molar-refractivity contribution in [2.24, 2.45) is 5.92 Å². The van der Waals surface area contributed by atoms with Crippen LogP contribution in [0.2, 0.25) is 10.0 Å². The van der Waals surface area contributed by atoms with Gasteiger partial charge >= 0.3 is 5.97 Å². The van der Waals surface area contributed by atoms with Crippen molar-refractivity contribution in [3.8, 4) is 11.5 Å². The van der Waals surface area contributed by atoms with Crippen LogP contribution in [0.1, 0.15) is 47.2 Å². The van der Waals surface area contributed by atoms with Crippen molar-refractivity contribution in [1.29, 1.82) is 0 Å². The van der Waals surface area contributed by atoms with Crippen LogP contribution in [0.3, 0.4) is 0 Å². The molecular weight excluding hydrogens is 667 g/mol. The third kappa shape index (κ3) is 8.04. The first-order valence-electron chi connectivity index (χ1n) is 16.0. The molecule has 2 saturated heterocycles. The quantitative estimate of drug-likeness (QED) is 0.161. The zero-order valence-corrected chi connectivity index (χ0v) is 27.9. The SMILES string of the molecule is O=C(Nc1ccc(CC(NC(=O)C2C3CCC(CC3)N2C(=O)Cc2cccc(Oc3ccccc3)c2)C(=O)O)cc1)c1c(Cl)cncc1Cl. The maximum absolute atomic E-state index is 13.8. The fourth-order valence-electron chi connectivity index (χ4n) is 6.70. The molecule has 3 N–H and O–H groups in total. The number of benzene rings is 3. The number of nitrogens with zero attached hydrogens (tertiary/aromatic N) is 2. The maximum atomic E-state index is 13.8. The molecule has 2 atom stereocenters. The number of anilines is 1. The molecule has 3 heterocycles. The number of carboxylic acids is 1. The van der Waals surface area contributed by atoms with E-state index in [0.29, 0.717) is 22.7 Å². The number of hydrogen-bond donors (Lipinski definition) is 3. The number of aliphatic carboxylic acids is 1. The minimum absolute atomic E-state index is 0.000277. The van der Waals surface area contributed by atoms with E-state index < -0.39 is 29.9 Å². The number of halogens is 2. The van der Waals surface area contributed by atoms with Crippen molar-refractivity contribution in [3.05, 3.63) is 118 Å². The number of carboxylic acid groups (broad SMARTS) is 1. The summed E-state index contributed by atoms with van der Waals surface area (Å²) in [7, 11) is 0. The summed E-state index contributed by atoms with van der Waals surface area (Å²) in [5.41, 5.74) is 1.92. The van der Waals surface area contributed by atoms with Crippen molar-refractivity contribution < 1.29 is 29.0 Å². The van der Waals surface area contributed by atoms with Gasteiger partial charge in [-0.2, -0.15) is 0 Å². The van der Waals surface area contributed by atoms with Crippen LogP contribution >= 0.6 is 23.2 Å². The normalized spacial score (nSPS) is 18.7. The number of amides is 3. The van der Waals surface area contributed by atoms with Gasteiger partial charge in [0.2, 0.25) is 11.8 Å². The van der Waals surface area contributed by atoms with Gasteiger partial charge in [-0.05, 0) is 79.1 Å². The third-order valence-electron chi connectivity index (χ3n) is 9.02. The molecule has 0 spiro atoms. The van der Waals surface area contributed by atoms with Crippen LogP contribution in [-0.4, -0.2) is 56.8 Å². The molecule has 49 heavy (non-hydrogen) atoms. The van der Waals surface area contributed by atoms with Gasteiger partial charge in [-0.15, -0.1) is 0 Å². The van der Waals surface area contributed by atoms with Gasteiger partial charge in [-0.3, -0.25) is 19.4 Å². The Hall–Kier alpha value is -4.93. The summed E-state index contributed by atoms with van der Waals surface area (Å²) in [5.74, 6) is -1.12. The number of piperidine rings is 2. The lowest BCUT2D eigenvalue weighted by Crippen LogP contribution is -2.64. The van der Waals surface area contributed by atoms with Gasteiger partial charge in [0.1, 0.15) is 23.6 Å². The Labute approximate surface area is 293 Å². The van der Waals surface area contributed by atoms with E-state index in [1.807, 2.05) is 54.6 Å². The van der Waals surface area contributed by atoms with Crippen LogP contribution in [0, 0.1) is 5.92 Å². The summed E-state index contributed by atoms with van der Waals surface area (Å²) < 4.78 is 5.95. The largest absolute Gasteiger partial charge is 0.480 e. The highest BCUT2D eigenvalue weighted by Crippen LogP contribution is 2.40. The number of rotatable bonds is 11. The number of hydrogen-bond acceptors (Lipinski definition) is 6. The van der Waals surface area contributed by atoms with Gasteiger partial charge in [0.15, 0.2) is 0 Å². The molecule has 2 bridgehead atoms. The number of pyridine rings is 1. The van der Waals surface area contributed by atoms with Crippen LogP contribution in [0.5, 0.6) is 11.5 Å². The molecule has 1 saturated carbocycles. The van der Waals surface area contributed by atoms with Crippen molar-refractivity contribution in [3.63, 3.8) is 0 Å². The molecule has 252 valence electrons. The van der Waals surface area contributed by atoms with Crippen molar-refractivity contribution in [1.82, 2.24) is 15.2 Å². The predicted octanol–water partition coefficient (Wildman–Crippen LogP) is 6.56. The molecule has 3 aromatic carbocycles. The lowest BCUT2D eigenvalue weighted by molar-refractivity contribution is -0.154. The molecule has 10 nitrogen and oxygen atoms in total. The number of carbonyl (C=O) groups excluding carboxylic acids is 3. The van der Waals surface area contributed by atoms with Gasteiger partial charge < -0.3 is 25.4 Å². The Morgan fingerprint density at radius 3 is 2.20 bits per heavy atom. The maximum Gasteiger partial charge on any atom is 0.326 e. The second-order valence-electron chi connectivity index (χ2n) is 12.3. The Bertz CT molecular complexity index is 1830. The van der Waals surface area contributed by atoms with Gasteiger partial charge in [-0.1, -0.05) is 65.7 Å². The van der Waals surface area contributed by atoms with Crippen LogP contribution in [0.15, 0.2) is 91.3 Å². The van der Waals surface area contributed by atoms with Gasteiger partial charge in [-0.25, -0.2) is 4.79 Å². The molecule has 3 fully saturated rings. The molecule has 4 aromatic rings. The number of ether oxygens (including phenoxy) is 1. The minimum Gasteiger partial charge on any atom is -0.480 e. The fourth-order valence-corrected chi connectivity index (χ4v) is 7.23. The second-order valence-corrected chi connectivity index (χ2v) is 13.1. The van der Waals surface area contributed by atoms with Gasteiger partial charge in [0.25, 0.3) is 5.91 Å². The number of carbonyl (C=O) groups is 4. The standard InChI is InChI=1S/C37H34Cl2N4O6/c38-29-20-40-21-30(39)33(29)35(45)41-25-13-9-22(10-14-25)18-31(37(47)48)42-36(46)34-24-11-15-26(16-12-24)43(34)32(44)19-23-5-4-8-28(17-23)49-27-6-2-1-3-7-27/h1-10,13-14,17,20-21,24,26,31,34H,11-12,15-16,18-19H2,(H,41,45)(H,42,46)(H,47,48).